The van der Waals surface area contributed by atoms with Gasteiger partial charge in [0.1, 0.15) is 18.5 Å². The van der Waals surface area contributed by atoms with Gasteiger partial charge in [0, 0.05) is 62.3 Å². The van der Waals surface area contributed by atoms with Gasteiger partial charge in [0.15, 0.2) is 6.54 Å². The van der Waals surface area contributed by atoms with Crippen LogP contribution in [0.15, 0.2) is 121 Å². The van der Waals surface area contributed by atoms with Crippen LogP contribution in [0.1, 0.15) is 95.8 Å². The Morgan fingerprint density at radius 1 is 0.524 bits per heavy atom. The SMILES string of the molecule is COS(=O)(=O)O.Cc1cc(C(=O)ON2C(=O)CCC2=O)cc(C)c1OC(=O)c1c2ccccc2[n+](C)c2ccccc12.Cc1cc(C(=O)ON2C(=O)CCC2=O)cc(C)c1OC(=O)c1c2ccccc2[n+](CCC(=O)[O-])c2ccccc12. The fraction of sp³-hybridized carbons (Fsp3) is 0.203. The number of carbonyl (C=O) groups is 9. The van der Waals surface area contributed by atoms with Crippen LogP contribution in [0.4, 0.5) is 0 Å². The molecule has 2 aliphatic heterocycles. The van der Waals surface area contributed by atoms with Crippen LogP contribution in [0.25, 0.3) is 43.6 Å². The molecule has 4 amide bonds. The zero-order chi connectivity index (χ0) is 59.3. The Bertz CT molecular complexity index is 3950. The maximum absolute atomic E-state index is 13.7. The van der Waals surface area contributed by atoms with E-state index in [0.717, 1.165) is 28.9 Å². The fourth-order valence-electron chi connectivity index (χ4n) is 9.56. The number of aryl methyl sites for hydroxylation is 6. The highest BCUT2D eigenvalue weighted by Gasteiger charge is 2.35. The molecule has 22 nitrogen and oxygen atoms in total. The molecule has 2 fully saturated rings. The van der Waals surface area contributed by atoms with Gasteiger partial charge in [0.25, 0.3) is 23.6 Å². The van der Waals surface area contributed by atoms with E-state index < -0.39 is 63.9 Å². The lowest BCUT2D eigenvalue weighted by atomic mass is 10.0. The number of para-hydroxylation sites is 4. The summed E-state index contributed by atoms with van der Waals surface area (Å²) in [5, 5.41) is 14.9. The third-order valence-electron chi connectivity index (χ3n) is 13.3. The monoisotopic (exact) mass is 1140 g/mol. The Balaban J connectivity index is 0.000000196. The normalized spacial score (nSPS) is 13.2. The maximum atomic E-state index is 13.7. The number of esters is 2. The van der Waals surface area contributed by atoms with E-state index in [2.05, 4.69) is 4.18 Å². The number of imide groups is 2. The van der Waals surface area contributed by atoms with Crippen molar-refractivity contribution in [2.45, 2.75) is 66.3 Å². The van der Waals surface area contributed by atoms with Gasteiger partial charge in [-0.05, 0) is 98.5 Å². The number of hydrogen-bond acceptors (Lipinski definition) is 17. The molecule has 0 radical (unpaired) electrons. The summed E-state index contributed by atoms with van der Waals surface area (Å²) in [5.41, 5.74) is 6.08. The van der Waals surface area contributed by atoms with Crippen molar-refractivity contribution in [1.82, 2.24) is 10.1 Å². The van der Waals surface area contributed by atoms with Crippen LogP contribution in [0.5, 0.6) is 11.5 Å². The van der Waals surface area contributed by atoms with Crippen molar-refractivity contribution in [3.8, 4) is 11.5 Å². The van der Waals surface area contributed by atoms with Crippen molar-refractivity contribution in [3.63, 3.8) is 0 Å². The van der Waals surface area contributed by atoms with Crippen LogP contribution in [-0.4, -0.2) is 83.7 Å². The first-order valence-corrected chi connectivity index (χ1v) is 26.5. The Kier molecular flexibility index (Phi) is 17.3. The number of amides is 4. The molecule has 6 aromatic carbocycles. The Morgan fingerprint density at radius 2 is 0.817 bits per heavy atom. The van der Waals surface area contributed by atoms with Crippen molar-refractivity contribution in [2.24, 2.45) is 7.05 Å². The van der Waals surface area contributed by atoms with E-state index in [4.69, 9.17) is 23.7 Å². The summed E-state index contributed by atoms with van der Waals surface area (Å²) in [4.78, 5) is 121. The van der Waals surface area contributed by atoms with Gasteiger partial charge in [0.05, 0.1) is 50.9 Å². The van der Waals surface area contributed by atoms with Crippen LogP contribution < -0.4 is 23.7 Å². The number of aliphatic carboxylic acids is 1. The number of nitrogens with zero attached hydrogens (tertiary/aromatic N) is 4. The highest BCUT2D eigenvalue weighted by Crippen LogP contribution is 2.33. The first-order valence-electron chi connectivity index (χ1n) is 25.2. The van der Waals surface area contributed by atoms with Crippen molar-refractivity contribution in [3.05, 3.63) is 166 Å². The van der Waals surface area contributed by atoms with Crippen molar-refractivity contribution in [2.75, 3.05) is 7.11 Å². The lowest BCUT2D eigenvalue weighted by Gasteiger charge is -2.16. The number of rotatable bonds is 12. The molecular formula is C59H51N4O18S+. The van der Waals surface area contributed by atoms with Crippen molar-refractivity contribution in [1.29, 1.82) is 0 Å². The summed E-state index contributed by atoms with van der Waals surface area (Å²) in [7, 11) is -1.34. The molecule has 2 aliphatic rings. The van der Waals surface area contributed by atoms with Gasteiger partial charge in [-0.1, -0.05) is 48.5 Å². The summed E-state index contributed by atoms with van der Waals surface area (Å²) < 4.78 is 45.4. The maximum Gasteiger partial charge on any atom is 0.397 e. The number of pyridine rings is 2. The Morgan fingerprint density at radius 3 is 1.12 bits per heavy atom. The van der Waals surface area contributed by atoms with Crippen LogP contribution >= 0.6 is 0 Å². The molecular weight excluding hydrogens is 1080 g/mol. The second-order valence-electron chi connectivity index (χ2n) is 18.8. The van der Waals surface area contributed by atoms with Crippen LogP contribution in [-0.2, 0) is 61.8 Å². The van der Waals surface area contributed by atoms with E-state index in [9.17, 15) is 56.7 Å². The van der Waals surface area contributed by atoms with Crippen molar-refractivity contribution < 1.29 is 93.7 Å². The van der Waals surface area contributed by atoms with Crippen LogP contribution in [0.2, 0.25) is 0 Å². The molecule has 0 atom stereocenters. The molecule has 2 aromatic heterocycles. The minimum atomic E-state index is -4.16. The molecule has 2 saturated heterocycles. The molecule has 1 N–H and O–H groups in total. The first kappa shape index (κ1) is 58.3. The van der Waals surface area contributed by atoms with E-state index in [0.29, 0.717) is 71.1 Å². The molecule has 0 saturated carbocycles. The second-order valence-corrected chi connectivity index (χ2v) is 20.0. The number of fused-ring (bicyclic) bond motifs is 4. The largest absolute Gasteiger partial charge is 0.550 e. The van der Waals surface area contributed by atoms with Gasteiger partial charge >= 0.3 is 34.3 Å². The van der Waals surface area contributed by atoms with Crippen LogP contribution in [0.3, 0.4) is 0 Å². The summed E-state index contributed by atoms with van der Waals surface area (Å²) in [6.07, 6.45) is -0.201. The number of aromatic nitrogens is 2. The summed E-state index contributed by atoms with van der Waals surface area (Å²) >= 11 is 0. The molecule has 82 heavy (non-hydrogen) atoms. The number of hydroxylamine groups is 4. The minimum absolute atomic E-state index is 0.0138. The fourth-order valence-corrected chi connectivity index (χ4v) is 9.56. The van der Waals surface area contributed by atoms with E-state index >= 15 is 0 Å². The van der Waals surface area contributed by atoms with Gasteiger partial charge in [-0.3, -0.25) is 27.9 Å². The molecule has 0 bridgehead atoms. The molecule has 8 aromatic rings. The zero-order valence-corrected chi connectivity index (χ0v) is 45.7. The smallest absolute Gasteiger partial charge is 0.397 e. The lowest BCUT2D eigenvalue weighted by molar-refractivity contribution is -0.645. The van der Waals surface area contributed by atoms with Gasteiger partial charge < -0.3 is 29.0 Å². The standard InChI is InChI=1S/C30H24N2O8.C28H23N2O6.CH4O4S/c1-17-15-19(29(37)40-32-24(33)11-12-25(32)34)16-18(2)28(17)39-30(38)27-20-7-3-5-9-22(20)31(14-13-26(35)36)23-10-6-4-8-21(23)27;1-16-14-18(27(33)36-30-23(31)12-13-24(30)32)15-17(2)26(16)35-28(34)25-19-8-4-6-10-21(19)29(3)22-11-7-5-9-20(22)25;1-5-6(2,3)4/h3-10,15-16H,11-14H2,1-2H3;4-11,14-15H,12-13H2,1-3H3;1H3,(H,2,3,4)/q;+1;. The molecule has 23 heteroatoms. The Labute approximate surface area is 467 Å². The van der Waals surface area contributed by atoms with Gasteiger partial charge in [0.2, 0.25) is 22.1 Å². The third kappa shape index (κ3) is 12.5. The highest BCUT2D eigenvalue weighted by molar-refractivity contribution is 7.80. The second kappa shape index (κ2) is 24.3. The molecule has 0 spiro atoms. The van der Waals surface area contributed by atoms with E-state index in [1.165, 1.54) is 24.3 Å². The van der Waals surface area contributed by atoms with Gasteiger partial charge in [-0.25, -0.2) is 19.2 Å². The zero-order valence-electron chi connectivity index (χ0n) is 44.9. The number of carbonyl (C=O) groups excluding carboxylic acids is 9. The molecule has 0 aliphatic carbocycles. The summed E-state index contributed by atoms with van der Waals surface area (Å²) in [6, 6.07) is 35.5. The first-order chi connectivity index (χ1) is 39.0. The van der Waals surface area contributed by atoms with Gasteiger partial charge in [-0.2, -0.15) is 17.6 Å². The van der Waals surface area contributed by atoms with Crippen molar-refractivity contribution >= 4 is 107 Å². The highest BCUT2D eigenvalue weighted by atomic mass is 32.3. The average molecular weight is 1140 g/mol. The number of carboxylic acid groups (broad SMARTS) is 1. The predicted molar refractivity (Wildman–Crippen MR) is 287 cm³/mol. The molecule has 0 unspecified atom stereocenters. The summed E-state index contributed by atoms with van der Waals surface area (Å²) in [6.45, 7) is 6.89. The van der Waals surface area contributed by atoms with Crippen LogP contribution in [0, 0.1) is 27.7 Å². The number of carboxylic acids is 1. The van der Waals surface area contributed by atoms with E-state index in [1.807, 2.05) is 64.7 Å². The van der Waals surface area contributed by atoms with E-state index in [1.54, 1.807) is 76.2 Å². The lowest BCUT2D eigenvalue weighted by Crippen LogP contribution is -2.39. The molecule has 4 heterocycles. The Hall–Kier alpha value is -9.84. The predicted octanol–water partition coefficient (Wildman–Crippen LogP) is 5.79. The molecule has 10 rings (SSSR count). The third-order valence-corrected chi connectivity index (χ3v) is 13.7. The minimum Gasteiger partial charge on any atom is -0.550 e. The average Bonchev–Trinajstić information content (AvgIpc) is 3.95. The number of hydrogen-bond donors (Lipinski definition) is 1. The number of ether oxygens (including phenoxy) is 2. The summed E-state index contributed by atoms with van der Waals surface area (Å²) in [5.74, 6) is -5.74. The topological polar surface area (TPSA) is 291 Å². The number of benzene rings is 6. The molecule has 420 valence electrons. The van der Waals surface area contributed by atoms with Gasteiger partial charge in [-0.15, -0.1) is 10.1 Å². The quantitative estimate of drug-likeness (QED) is 0.0378. The van der Waals surface area contributed by atoms with E-state index in [-0.39, 0.29) is 55.5 Å².